The molecule has 1 aliphatic rings. The molecule has 6 nitrogen and oxygen atoms in total. The summed E-state index contributed by atoms with van der Waals surface area (Å²) in [5.41, 5.74) is 1.83. The van der Waals surface area contributed by atoms with Crippen molar-refractivity contribution >= 4 is 5.91 Å². The average molecular weight is 354 g/mol. The average Bonchev–Trinajstić information content (AvgIpc) is 2.68. The molecule has 1 unspecified atom stereocenters. The maximum Gasteiger partial charge on any atom is 0.267 e. The Labute approximate surface area is 154 Å². The van der Waals surface area contributed by atoms with Crippen molar-refractivity contribution in [2.45, 2.75) is 26.3 Å². The first kappa shape index (κ1) is 18.3. The third-order valence-electron chi connectivity index (χ3n) is 4.93. The highest BCUT2D eigenvalue weighted by Gasteiger charge is 2.26. The third-order valence-corrected chi connectivity index (χ3v) is 4.93. The minimum Gasteiger partial charge on any atom is -0.338 e. The predicted molar refractivity (Wildman–Crippen MR) is 101 cm³/mol. The van der Waals surface area contributed by atoms with E-state index in [0.29, 0.717) is 13.1 Å². The normalized spacial score (nSPS) is 16.5. The van der Waals surface area contributed by atoms with Crippen molar-refractivity contribution in [1.29, 1.82) is 0 Å². The zero-order valence-corrected chi connectivity index (χ0v) is 15.5. The van der Waals surface area contributed by atoms with Crippen LogP contribution in [0.15, 0.2) is 47.3 Å². The van der Waals surface area contributed by atoms with Crippen molar-refractivity contribution in [2.24, 2.45) is 0 Å². The molecule has 1 atom stereocenters. The van der Waals surface area contributed by atoms with Crippen LogP contribution in [0, 0.1) is 6.92 Å². The fraction of sp³-hybridized carbons (Fsp3) is 0.450. The molecule has 138 valence electrons. The first-order chi connectivity index (χ1) is 12.5. The second kappa shape index (κ2) is 8.27. The van der Waals surface area contributed by atoms with Crippen LogP contribution in [-0.4, -0.2) is 58.2 Å². The van der Waals surface area contributed by atoms with Gasteiger partial charge in [0, 0.05) is 38.8 Å². The van der Waals surface area contributed by atoms with E-state index in [1.807, 2.05) is 17.9 Å². The second-order valence-electron chi connectivity index (χ2n) is 6.84. The van der Waals surface area contributed by atoms with Gasteiger partial charge in [0.05, 0.1) is 5.69 Å². The fourth-order valence-corrected chi connectivity index (χ4v) is 3.29. The van der Waals surface area contributed by atoms with Crippen molar-refractivity contribution < 1.29 is 4.79 Å². The molecule has 0 aliphatic carbocycles. The number of aromatic nitrogens is 2. The lowest BCUT2D eigenvalue weighted by Gasteiger charge is -2.36. The van der Waals surface area contributed by atoms with Crippen molar-refractivity contribution in [1.82, 2.24) is 19.6 Å². The van der Waals surface area contributed by atoms with E-state index in [1.54, 1.807) is 13.0 Å². The monoisotopic (exact) mass is 354 g/mol. The lowest BCUT2D eigenvalue weighted by Crippen LogP contribution is -2.51. The number of hydrogen-bond donors (Lipinski definition) is 0. The van der Waals surface area contributed by atoms with Gasteiger partial charge < -0.3 is 4.90 Å². The van der Waals surface area contributed by atoms with Gasteiger partial charge in [0.15, 0.2) is 0 Å². The summed E-state index contributed by atoms with van der Waals surface area (Å²) in [6.07, 6.45) is 1.02. The van der Waals surface area contributed by atoms with E-state index in [0.717, 1.165) is 31.7 Å². The van der Waals surface area contributed by atoms with Gasteiger partial charge in [-0.25, -0.2) is 4.68 Å². The maximum atomic E-state index is 12.8. The van der Waals surface area contributed by atoms with Gasteiger partial charge in [-0.3, -0.25) is 14.5 Å². The third kappa shape index (κ3) is 4.38. The van der Waals surface area contributed by atoms with Gasteiger partial charge in [0.1, 0.15) is 6.04 Å². The van der Waals surface area contributed by atoms with Gasteiger partial charge in [-0.2, -0.15) is 5.10 Å². The number of piperazine rings is 1. The van der Waals surface area contributed by atoms with Gasteiger partial charge in [0.25, 0.3) is 5.56 Å². The number of carbonyl (C=O) groups is 1. The number of nitrogens with zero attached hydrogens (tertiary/aromatic N) is 4. The Kier molecular flexibility index (Phi) is 5.83. The molecule has 3 rings (SSSR count). The Bertz CT molecular complexity index is 795. The summed E-state index contributed by atoms with van der Waals surface area (Å²) >= 11 is 0. The van der Waals surface area contributed by atoms with Crippen molar-refractivity contribution in [2.75, 3.05) is 32.7 Å². The SMILES string of the molecule is Cc1ccc(=O)n(C(C)C(=O)N2CCN(CCc3ccccc3)CC2)n1. The zero-order valence-electron chi connectivity index (χ0n) is 15.5. The maximum absolute atomic E-state index is 12.8. The number of hydrogen-bond acceptors (Lipinski definition) is 4. The highest BCUT2D eigenvalue weighted by Crippen LogP contribution is 2.11. The molecule has 1 fully saturated rings. The largest absolute Gasteiger partial charge is 0.338 e. The molecule has 0 saturated carbocycles. The first-order valence-electron chi connectivity index (χ1n) is 9.16. The zero-order chi connectivity index (χ0) is 18.5. The van der Waals surface area contributed by atoms with Crippen molar-refractivity contribution in [3.05, 3.63) is 64.1 Å². The van der Waals surface area contributed by atoms with Crippen LogP contribution in [0.1, 0.15) is 24.2 Å². The molecular formula is C20H26N4O2. The second-order valence-corrected chi connectivity index (χ2v) is 6.84. The molecule has 1 saturated heterocycles. The van der Waals surface area contributed by atoms with Crippen molar-refractivity contribution in [3.63, 3.8) is 0 Å². The molecule has 2 heterocycles. The molecule has 6 heteroatoms. The van der Waals surface area contributed by atoms with Crippen LogP contribution in [0.2, 0.25) is 0 Å². The lowest BCUT2D eigenvalue weighted by molar-refractivity contribution is -0.136. The lowest BCUT2D eigenvalue weighted by atomic mass is 10.1. The Morgan fingerprint density at radius 1 is 1.08 bits per heavy atom. The highest BCUT2D eigenvalue weighted by molar-refractivity contribution is 5.80. The standard InChI is InChI=1S/C20H26N4O2/c1-16-8-9-19(25)24(21-16)17(2)20(26)23-14-12-22(13-15-23)11-10-18-6-4-3-5-7-18/h3-9,17H,10-15H2,1-2H3. The first-order valence-corrected chi connectivity index (χ1v) is 9.16. The smallest absolute Gasteiger partial charge is 0.267 e. The molecular weight excluding hydrogens is 328 g/mol. The molecule has 1 aliphatic heterocycles. The molecule has 0 N–H and O–H groups in total. The van der Waals surface area contributed by atoms with Crippen LogP contribution in [0.3, 0.4) is 0 Å². The van der Waals surface area contributed by atoms with Crippen LogP contribution in [0.5, 0.6) is 0 Å². The van der Waals surface area contributed by atoms with E-state index >= 15 is 0 Å². The van der Waals surface area contributed by atoms with Crippen LogP contribution in [-0.2, 0) is 11.2 Å². The van der Waals surface area contributed by atoms with Crippen LogP contribution in [0.25, 0.3) is 0 Å². The molecule has 1 aromatic heterocycles. The Morgan fingerprint density at radius 3 is 2.46 bits per heavy atom. The summed E-state index contributed by atoms with van der Waals surface area (Å²) in [4.78, 5) is 29.0. The number of benzene rings is 1. The molecule has 1 amide bonds. The summed E-state index contributed by atoms with van der Waals surface area (Å²) in [5, 5.41) is 4.21. The summed E-state index contributed by atoms with van der Waals surface area (Å²) in [6.45, 7) is 7.68. The van der Waals surface area contributed by atoms with Crippen LogP contribution >= 0.6 is 0 Å². The Morgan fingerprint density at radius 2 is 1.77 bits per heavy atom. The van der Waals surface area contributed by atoms with Gasteiger partial charge in [-0.15, -0.1) is 0 Å². The van der Waals surface area contributed by atoms with E-state index < -0.39 is 6.04 Å². The van der Waals surface area contributed by atoms with Gasteiger partial charge in [-0.1, -0.05) is 30.3 Å². The summed E-state index contributed by atoms with van der Waals surface area (Å²) in [7, 11) is 0. The van der Waals surface area contributed by atoms with E-state index in [2.05, 4.69) is 34.3 Å². The minimum atomic E-state index is -0.571. The number of carbonyl (C=O) groups excluding carboxylic acids is 1. The van der Waals surface area contributed by atoms with Crippen LogP contribution in [0.4, 0.5) is 0 Å². The Balaban J connectivity index is 1.53. The van der Waals surface area contributed by atoms with E-state index in [1.165, 1.54) is 16.3 Å². The fourth-order valence-electron chi connectivity index (χ4n) is 3.29. The summed E-state index contributed by atoms with van der Waals surface area (Å²) in [5.74, 6) is -0.0343. The van der Waals surface area contributed by atoms with Gasteiger partial charge in [0.2, 0.25) is 5.91 Å². The number of rotatable bonds is 5. The highest BCUT2D eigenvalue weighted by atomic mass is 16.2. The number of amides is 1. The molecule has 0 radical (unpaired) electrons. The molecule has 0 bridgehead atoms. The molecule has 26 heavy (non-hydrogen) atoms. The summed E-state index contributed by atoms with van der Waals surface area (Å²) in [6, 6.07) is 13.0. The van der Waals surface area contributed by atoms with E-state index in [-0.39, 0.29) is 11.5 Å². The van der Waals surface area contributed by atoms with E-state index in [4.69, 9.17) is 0 Å². The molecule has 1 aromatic carbocycles. The number of aryl methyl sites for hydroxylation is 1. The van der Waals surface area contributed by atoms with Gasteiger partial charge >= 0.3 is 0 Å². The van der Waals surface area contributed by atoms with Crippen molar-refractivity contribution in [3.8, 4) is 0 Å². The predicted octanol–water partition coefficient (Wildman–Crippen LogP) is 1.50. The topological polar surface area (TPSA) is 58.4 Å². The quantitative estimate of drug-likeness (QED) is 0.816. The van der Waals surface area contributed by atoms with E-state index in [9.17, 15) is 9.59 Å². The van der Waals surface area contributed by atoms with Gasteiger partial charge in [-0.05, 0) is 31.9 Å². The molecule has 0 spiro atoms. The minimum absolute atomic E-state index is 0.0343. The Hall–Kier alpha value is -2.47. The molecule has 2 aromatic rings. The summed E-state index contributed by atoms with van der Waals surface area (Å²) < 4.78 is 1.29. The van der Waals surface area contributed by atoms with Crippen LogP contribution < -0.4 is 5.56 Å².